The summed E-state index contributed by atoms with van der Waals surface area (Å²) in [6.45, 7) is 3.36. The van der Waals surface area contributed by atoms with E-state index < -0.39 is 5.92 Å². The molecular weight excluding hydrogens is 483 g/mol. The maximum Gasteiger partial charge on any atom is 0.234 e. The Bertz CT molecular complexity index is 1460. The highest BCUT2D eigenvalue weighted by atomic mass is 35.5. The van der Waals surface area contributed by atoms with E-state index in [1.807, 2.05) is 59.2 Å². The molecule has 0 bridgehead atoms. The number of likely N-dealkylation sites (tertiary alicyclic amines) is 1. The van der Waals surface area contributed by atoms with E-state index in [9.17, 15) is 4.79 Å². The molecule has 0 spiro atoms. The van der Waals surface area contributed by atoms with E-state index in [1.54, 1.807) is 12.3 Å². The first-order chi connectivity index (χ1) is 17.0. The van der Waals surface area contributed by atoms with Crippen molar-refractivity contribution in [2.75, 3.05) is 6.54 Å². The van der Waals surface area contributed by atoms with E-state index in [-0.39, 0.29) is 18.0 Å². The third-order valence-corrected chi connectivity index (χ3v) is 7.85. The van der Waals surface area contributed by atoms with Crippen molar-refractivity contribution in [3.8, 4) is 0 Å². The normalized spacial score (nSPS) is 21.9. The summed E-state index contributed by atoms with van der Waals surface area (Å²) in [6.07, 6.45) is 5.50. The fourth-order valence-corrected chi connectivity index (χ4v) is 5.76. The molecule has 2 aromatic heterocycles. The van der Waals surface area contributed by atoms with Gasteiger partial charge in [-0.25, -0.2) is 14.7 Å². The van der Waals surface area contributed by atoms with Gasteiger partial charge in [-0.15, -0.1) is 0 Å². The molecule has 2 aliphatic heterocycles. The van der Waals surface area contributed by atoms with Gasteiger partial charge in [0.05, 0.1) is 39.6 Å². The summed E-state index contributed by atoms with van der Waals surface area (Å²) < 4.78 is 3.97. The van der Waals surface area contributed by atoms with Crippen LogP contribution in [0.2, 0.25) is 10.0 Å². The molecule has 6 rings (SSSR count). The minimum atomic E-state index is -0.486. The quantitative estimate of drug-likeness (QED) is 0.364. The Labute approximate surface area is 213 Å². The minimum absolute atomic E-state index is 0.0652. The van der Waals surface area contributed by atoms with Crippen LogP contribution in [-0.4, -0.2) is 48.4 Å². The smallest absolute Gasteiger partial charge is 0.234 e. The van der Waals surface area contributed by atoms with E-state index in [4.69, 9.17) is 28.2 Å². The number of para-hydroxylation sites is 2. The number of nitrogens with zero attached hydrogens (tertiary/aromatic N) is 6. The summed E-state index contributed by atoms with van der Waals surface area (Å²) in [7, 11) is 0. The second-order valence-electron chi connectivity index (χ2n) is 9.20. The molecule has 2 aliphatic rings. The van der Waals surface area contributed by atoms with E-state index in [0.717, 1.165) is 47.5 Å². The van der Waals surface area contributed by atoms with Crippen LogP contribution in [0, 0.1) is 5.92 Å². The van der Waals surface area contributed by atoms with Crippen molar-refractivity contribution in [1.29, 1.82) is 0 Å². The van der Waals surface area contributed by atoms with E-state index >= 15 is 0 Å². The Morgan fingerprint density at radius 3 is 2.83 bits per heavy atom. The number of amides is 1. The standard InChI is InChI=1S/C26H24Cl2N6O/c1-16-24(25(34-23(31-16)10-11-30-34)17-8-9-19(27)20(28)13-17)26(35)33-12-4-5-18(33)14-32-15-29-21-6-2-3-7-22(21)32/h2-3,6-11,13,15,18,24-25H,4-5,12,14H2,1H3/t18-,24?,25?/m0/s1. The van der Waals surface area contributed by atoms with Gasteiger partial charge in [0.2, 0.25) is 5.91 Å². The van der Waals surface area contributed by atoms with Gasteiger partial charge >= 0.3 is 0 Å². The molecule has 0 N–H and O–H groups in total. The lowest BCUT2D eigenvalue weighted by molar-refractivity contribution is -0.135. The van der Waals surface area contributed by atoms with Crippen molar-refractivity contribution in [2.24, 2.45) is 10.9 Å². The van der Waals surface area contributed by atoms with Crippen LogP contribution in [0.4, 0.5) is 5.82 Å². The molecule has 1 amide bonds. The molecule has 2 aromatic carbocycles. The zero-order valence-corrected chi connectivity index (χ0v) is 20.7. The molecule has 1 saturated heterocycles. The van der Waals surface area contributed by atoms with Crippen molar-refractivity contribution in [2.45, 2.75) is 38.4 Å². The van der Waals surface area contributed by atoms with E-state index in [0.29, 0.717) is 16.6 Å². The first-order valence-electron chi connectivity index (χ1n) is 11.8. The molecule has 0 aliphatic carbocycles. The number of halogens is 2. The average Bonchev–Trinajstić information content (AvgIpc) is 3.60. The Kier molecular flexibility index (Phi) is 5.61. The number of carbonyl (C=O) groups is 1. The van der Waals surface area contributed by atoms with Crippen LogP contribution in [0.5, 0.6) is 0 Å². The van der Waals surface area contributed by atoms with Crippen molar-refractivity contribution >= 4 is 51.7 Å². The van der Waals surface area contributed by atoms with Crippen LogP contribution in [0.25, 0.3) is 11.0 Å². The third-order valence-electron chi connectivity index (χ3n) is 7.12. The molecule has 0 radical (unpaired) electrons. The fraction of sp³-hybridized carbons (Fsp3) is 0.308. The highest BCUT2D eigenvalue weighted by molar-refractivity contribution is 6.42. The first-order valence-corrected chi connectivity index (χ1v) is 12.5. The van der Waals surface area contributed by atoms with Crippen LogP contribution in [0.1, 0.15) is 31.4 Å². The molecule has 4 aromatic rings. The Morgan fingerprint density at radius 1 is 1.11 bits per heavy atom. The second kappa shape index (κ2) is 8.81. The van der Waals surface area contributed by atoms with Crippen molar-refractivity contribution in [1.82, 2.24) is 24.2 Å². The van der Waals surface area contributed by atoms with Crippen molar-refractivity contribution < 1.29 is 4.79 Å². The Balaban J connectivity index is 1.35. The van der Waals surface area contributed by atoms with Crippen LogP contribution in [0.15, 0.2) is 66.0 Å². The third kappa shape index (κ3) is 3.83. The maximum atomic E-state index is 14.2. The van der Waals surface area contributed by atoms with Crippen LogP contribution in [0.3, 0.4) is 0 Å². The maximum absolute atomic E-state index is 14.2. The van der Waals surface area contributed by atoms with Gasteiger partial charge in [-0.2, -0.15) is 5.10 Å². The van der Waals surface area contributed by atoms with Gasteiger partial charge in [-0.1, -0.05) is 41.4 Å². The Hall–Kier alpha value is -3.16. The summed E-state index contributed by atoms with van der Waals surface area (Å²) in [4.78, 5) is 25.5. The molecule has 9 heteroatoms. The fourth-order valence-electron chi connectivity index (χ4n) is 5.45. The summed E-state index contributed by atoms with van der Waals surface area (Å²) >= 11 is 12.6. The summed E-state index contributed by atoms with van der Waals surface area (Å²) in [5, 5.41) is 5.46. The van der Waals surface area contributed by atoms with Gasteiger partial charge in [0.1, 0.15) is 5.92 Å². The summed E-state index contributed by atoms with van der Waals surface area (Å²) in [6, 6.07) is 15.2. The number of imidazole rings is 1. The number of aliphatic imine (C=N–C) groups is 1. The average molecular weight is 507 g/mol. The minimum Gasteiger partial charge on any atom is -0.337 e. The van der Waals surface area contributed by atoms with Gasteiger partial charge in [0.25, 0.3) is 0 Å². The van der Waals surface area contributed by atoms with Crippen LogP contribution in [-0.2, 0) is 11.3 Å². The van der Waals surface area contributed by atoms with Gasteiger partial charge < -0.3 is 9.47 Å². The molecule has 4 heterocycles. The number of hydrogen-bond acceptors (Lipinski definition) is 4. The lowest BCUT2D eigenvalue weighted by Gasteiger charge is -2.36. The van der Waals surface area contributed by atoms with Crippen molar-refractivity contribution in [3.05, 3.63) is 76.7 Å². The molecular formula is C26H24Cl2N6O. The van der Waals surface area contributed by atoms with Gasteiger partial charge in [0.15, 0.2) is 5.82 Å². The monoisotopic (exact) mass is 506 g/mol. The lowest BCUT2D eigenvalue weighted by atomic mass is 9.87. The Morgan fingerprint density at radius 2 is 1.97 bits per heavy atom. The molecule has 0 saturated carbocycles. The molecule has 7 nitrogen and oxygen atoms in total. The van der Waals surface area contributed by atoms with Crippen LogP contribution < -0.4 is 0 Å². The van der Waals surface area contributed by atoms with Gasteiger partial charge in [-0.05, 0) is 49.6 Å². The number of fused-ring (bicyclic) bond motifs is 2. The number of carbonyl (C=O) groups excluding carboxylic acids is 1. The predicted octanol–water partition coefficient (Wildman–Crippen LogP) is 5.54. The van der Waals surface area contributed by atoms with E-state index in [2.05, 4.69) is 20.7 Å². The number of hydrogen-bond donors (Lipinski definition) is 0. The van der Waals surface area contributed by atoms with Crippen LogP contribution >= 0.6 is 23.2 Å². The molecule has 1 fully saturated rings. The molecule has 3 atom stereocenters. The van der Waals surface area contributed by atoms with E-state index in [1.165, 1.54) is 0 Å². The summed E-state index contributed by atoms with van der Waals surface area (Å²) in [5.74, 6) is 0.306. The number of benzene rings is 2. The first kappa shape index (κ1) is 22.3. The molecule has 2 unspecified atom stereocenters. The SMILES string of the molecule is CC1=Nc2ccnn2C(c2ccc(Cl)c(Cl)c2)C1C(=O)N1CCC[C@H]1Cn1cnc2ccccc21. The zero-order chi connectivity index (χ0) is 24.1. The largest absolute Gasteiger partial charge is 0.337 e. The molecule has 178 valence electrons. The van der Waals surface area contributed by atoms with Gasteiger partial charge in [0, 0.05) is 30.9 Å². The highest BCUT2D eigenvalue weighted by Crippen LogP contribution is 2.39. The zero-order valence-electron chi connectivity index (χ0n) is 19.2. The predicted molar refractivity (Wildman–Crippen MR) is 138 cm³/mol. The number of rotatable bonds is 4. The second-order valence-corrected chi connectivity index (χ2v) is 10.0. The molecule has 35 heavy (non-hydrogen) atoms. The number of aromatic nitrogens is 4. The topological polar surface area (TPSA) is 68.3 Å². The van der Waals surface area contributed by atoms with Crippen molar-refractivity contribution in [3.63, 3.8) is 0 Å². The van der Waals surface area contributed by atoms with Gasteiger partial charge in [-0.3, -0.25) is 4.79 Å². The lowest BCUT2D eigenvalue weighted by Crippen LogP contribution is -2.47. The summed E-state index contributed by atoms with van der Waals surface area (Å²) in [5.41, 5.74) is 3.70. The highest BCUT2D eigenvalue weighted by Gasteiger charge is 2.43.